The maximum atomic E-state index is 13.0. The smallest absolute Gasteiger partial charge is 0.203 e. The van der Waals surface area contributed by atoms with Crippen LogP contribution in [0, 0.1) is 5.92 Å². The van der Waals surface area contributed by atoms with Crippen LogP contribution in [0.1, 0.15) is 52.9 Å². The summed E-state index contributed by atoms with van der Waals surface area (Å²) in [5.41, 5.74) is 9.26. The zero-order valence-electron chi connectivity index (χ0n) is 17.4. The minimum absolute atomic E-state index is 0.106. The molecular weight excluding hydrogens is 404 g/mol. The summed E-state index contributed by atoms with van der Waals surface area (Å²) in [6.07, 6.45) is 2.04. The van der Waals surface area contributed by atoms with E-state index in [-0.39, 0.29) is 17.5 Å². The molecule has 1 aliphatic carbocycles. The molecular formula is C22H24N2O5S. The van der Waals surface area contributed by atoms with E-state index in [1.54, 1.807) is 21.3 Å². The molecule has 0 radical (unpaired) electrons. The molecule has 2 aliphatic rings. The monoisotopic (exact) mass is 428 g/mol. The summed E-state index contributed by atoms with van der Waals surface area (Å²) in [4.78, 5) is 30.4. The van der Waals surface area contributed by atoms with Gasteiger partial charge in [0, 0.05) is 30.5 Å². The molecule has 7 nitrogen and oxygen atoms in total. The molecule has 1 aromatic carbocycles. The lowest BCUT2D eigenvalue weighted by atomic mass is 9.70. The molecule has 0 spiro atoms. The first-order chi connectivity index (χ1) is 14.4. The topological polar surface area (TPSA) is 100 Å². The first kappa shape index (κ1) is 20.4. The number of aliphatic imine (C=N–C) groups is 1. The first-order valence-corrected chi connectivity index (χ1v) is 10.6. The lowest BCUT2D eigenvalue weighted by molar-refractivity contribution is -0.121. The highest BCUT2D eigenvalue weighted by Gasteiger charge is 2.43. The van der Waals surface area contributed by atoms with Crippen LogP contribution in [0.2, 0.25) is 0 Å². The highest BCUT2D eigenvalue weighted by atomic mass is 32.1. The van der Waals surface area contributed by atoms with Crippen molar-refractivity contribution in [3.05, 3.63) is 28.1 Å². The SMILES string of the molecule is COc1cc(C2c3c(sc(C(C)=O)c3N)N=C3CCCC(=O)C32)cc(OC)c1OC. The van der Waals surface area contributed by atoms with Gasteiger partial charge < -0.3 is 19.9 Å². The molecule has 2 aromatic rings. The van der Waals surface area contributed by atoms with Crippen molar-refractivity contribution >= 4 is 39.3 Å². The van der Waals surface area contributed by atoms with E-state index in [2.05, 4.69) is 0 Å². The average Bonchev–Trinajstić information content (AvgIpc) is 3.07. The molecule has 0 saturated heterocycles. The molecule has 158 valence electrons. The number of carbonyl (C=O) groups excluding carboxylic acids is 2. The second kappa shape index (κ2) is 7.75. The third kappa shape index (κ3) is 3.06. The standard InChI is InChI=1S/C22H24N2O5S/c1-10(25)21-19(23)18-16(11-8-14(27-2)20(29-4)15(9-11)28-3)17-12(24-22(18)30-21)6-5-7-13(17)26/h8-9,16-17H,5-7,23H2,1-4H3. The summed E-state index contributed by atoms with van der Waals surface area (Å²) in [5.74, 6) is 0.738. The number of hydrogen-bond acceptors (Lipinski definition) is 8. The predicted octanol–water partition coefficient (Wildman–Crippen LogP) is 4.15. The van der Waals surface area contributed by atoms with Crippen LogP contribution in [0.15, 0.2) is 17.1 Å². The number of thiophene rings is 1. The van der Waals surface area contributed by atoms with Crippen molar-refractivity contribution in [2.24, 2.45) is 10.9 Å². The van der Waals surface area contributed by atoms with E-state index in [9.17, 15) is 9.59 Å². The number of nitrogens with two attached hydrogens (primary N) is 1. The number of benzene rings is 1. The summed E-state index contributed by atoms with van der Waals surface area (Å²) in [7, 11) is 4.65. The van der Waals surface area contributed by atoms with Crippen LogP contribution in [-0.2, 0) is 4.79 Å². The van der Waals surface area contributed by atoms with Gasteiger partial charge in [-0.2, -0.15) is 0 Å². The van der Waals surface area contributed by atoms with E-state index in [4.69, 9.17) is 24.9 Å². The molecule has 0 bridgehead atoms. The Balaban J connectivity index is 1.99. The third-order valence-corrected chi connectivity index (χ3v) is 7.00. The van der Waals surface area contributed by atoms with Gasteiger partial charge in [0.1, 0.15) is 10.8 Å². The quantitative estimate of drug-likeness (QED) is 0.718. The van der Waals surface area contributed by atoms with Gasteiger partial charge in [0.2, 0.25) is 5.75 Å². The Morgan fingerprint density at radius 1 is 1.10 bits per heavy atom. The van der Waals surface area contributed by atoms with Crippen LogP contribution in [0.5, 0.6) is 17.2 Å². The number of nitrogen functional groups attached to an aromatic ring is 1. The molecule has 30 heavy (non-hydrogen) atoms. The number of nitrogens with zero attached hydrogens (tertiary/aromatic N) is 1. The zero-order valence-corrected chi connectivity index (χ0v) is 18.2. The second-order valence-electron chi connectivity index (χ2n) is 7.46. The van der Waals surface area contributed by atoms with Crippen LogP contribution in [0.3, 0.4) is 0 Å². The number of rotatable bonds is 5. The van der Waals surface area contributed by atoms with Gasteiger partial charge >= 0.3 is 0 Å². The lowest BCUT2D eigenvalue weighted by Crippen LogP contribution is -2.36. The van der Waals surface area contributed by atoms with E-state index in [1.165, 1.54) is 18.3 Å². The minimum atomic E-state index is -0.411. The van der Waals surface area contributed by atoms with Gasteiger partial charge in [0.25, 0.3) is 0 Å². The van der Waals surface area contributed by atoms with Crippen molar-refractivity contribution in [2.45, 2.75) is 32.1 Å². The fourth-order valence-corrected chi connectivity index (χ4v) is 5.54. The summed E-state index contributed by atoms with van der Waals surface area (Å²) in [6.45, 7) is 1.49. The number of carbonyl (C=O) groups is 2. The van der Waals surface area contributed by atoms with Gasteiger partial charge in [0.05, 0.1) is 37.8 Å². The maximum Gasteiger partial charge on any atom is 0.203 e. The number of fused-ring (bicyclic) bond motifs is 2. The number of methoxy groups -OCH3 is 3. The Hall–Kier alpha value is -2.87. The summed E-state index contributed by atoms with van der Waals surface area (Å²) in [5, 5.41) is 0.706. The molecule has 1 aliphatic heterocycles. The van der Waals surface area contributed by atoms with Crippen molar-refractivity contribution in [2.75, 3.05) is 27.1 Å². The molecule has 2 N–H and O–H groups in total. The zero-order chi connectivity index (χ0) is 21.6. The number of ether oxygens (including phenoxy) is 3. The van der Waals surface area contributed by atoms with Crippen molar-refractivity contribution in [1.82, 2.24) is 0 Å². The minimum Gasteiger partial charge on any atom is -0.493 e. The molecule has 8 heteroatoms. The average molecular weight is 429 g/mol. The Bertz CT molecular complexity index is 1050. The van der Waals surface area contributed by atoms with Crippen molar-refractivity contribution < 1.29 is 23.8 Å². The van der Waals surface area contributed by atoms with Crippen molar-refractivity contribution in [1.29, 1.82) is 0 Å². The Labute approximate surface area is 178 Å². The van der Waals surface area contributed by atoms with Crippen LogP contribution in [0.4, 0.5) is 10.7 Å². The fraction of sp³-hybridized carbons (Fsp3) is 0.409. The summed E-state index contributed by atoms with van der Waals surface area (Å²) in [6, 6.07) is 3.70. The molecule has 2 heterocycles. The number of ketones is 2. The van der Waals surface area contributed by atoms with Gasteiger partial charge in [-0.05, 0) is 30.5 Å². The lowest BCUT2D eigenvalue weighted by Gasteiger charge is -2.34. The fourth-order valence-electron chi connectivity index (χ4n) is 4.47. The molecule has 4 rings (SSSR count). The summed E-state index contributed by atoms with van der Waals surface area (Å²) < 4.78 is 16.5. The van der Waals surface area contributed by atoms with Crippen LogP contribution in [0.25, 0.3) is 0 Å². The first-order valence-electron chi connectivity index (χ1n) is 9.74. The maximum absolute atomic E-state index is 13.0. The van der Waals surface area contributed by atoms with E-state index in [1.807, 2.05) is 12.1 Å². The number of Topliss-reactive ketones (excluding diaryl/α,β-unsaturated/α-hetero) is 2. The third-order valence-electron chi connectivity index (χ3n) is 5.78. The Morgan fingerprint density at radius 2 is 1.77 bits per heavy atom. The van der Waals surface area contributed by atoms with E-state index >= 15 is 0 Å². The molecule has 2 atom stereocenters. The van der Waals surface area contributed by atoms with E-state index in [0.29, 0.717) is 39.2 Å². The number of anilines is 1. The van der Waals surface area contributed by atoms with Crippen LogP contribution in [-0.4, -0.2) is 38.6 Å². The highest BCUT2D eigenvalue weighted by Crippen LogP contribution is 2.54. The molecule has 1 aromatic heterocycles. The number of hydrogen-bond donors (Lipinski definition) is 1. The van der Waals surface area contributed by atoms with Crippen LogP contribution < -0.4 is 19.9 Å². The molecule has 0 amide bonds. The predicted molar refractivity (Wildman–Crippen MR) is 116 cm³/mol. The highest BCUT2D eigenvalue weighted by molar-refractivity contribution is 7.18. The van der Waals surface area contributed by atoms with Crippen molar-refractivity contribution in [3.8, 4) is 17.2 Å². The summed E-state index contributed by atoms with van der Waals surface area (Å²) >= 11 is 1.29. The van der Waals surface area contributed by atoms with Gasteiger partial charge in [-0.1, -0.05) is 0 Å². The van der Waals surface area contributed by atoms with Crippen molar-refractivity contribution in [3.63, 3.8) is 0 Å². The molecule has 1 fully saturated rings. The van der Waals surface area contributed by atoms with Gasteiger partial charge in [-0.15, -0.1) is 11.3 Å². The van der Waals surface area contributed by atoms with Gasteiger partial charge in [0.15, 0.2) is 17.3 Å². The Kier molecular flexibility index (Phi) is 5.27. The largest absolute Gasteiger partial charge is 0.493 e. The normalized spacial score (nSPS) is 20.1. The van der Waals surface area contributed by atoms with Gasteiger partial charge in [-0.3, -0.25) is 9.59 Å². The van der Waals surface area contributed by atoms with Crippen LogP contribution >= 0.6 is 11.3 Å². The molecule has 1 saturated carbocycles. The van der Waals surface area contributed by atoms with E-state index in [0.717, 1.165) is 29.7 Å². The Morgan fingerprint density at radius 3 is 2.33 bits per heavy atom. The molecule has 2 unspecified atom stereocenters. The van der Waals surface area contributed by atoms with E-state index < -0.39 is 5.92 Å². The second-order valence-corrected chi connectivity index (χ2v) is 8.46. The van der Waals surface area contributed by atoms with Gasteiger partial charge in [-0.25, -0.2) is 4.99 Å².